The minimum Gasteiger partial charge on any atom is -0.468 e. The summed E-state index contributed by atoms with van der Waals surface area (Å²) < 4.78 is 14.7. The molecule has 0 saturated heterocycles. The Kier molecular flexibility index (Phi) is 4.68. The van der Waals surface area contributed by atoms with Crippen LogP contribution in [0.5, 0.6) is 5.88 Å². The largest absolute Gasteiger partial charge is 0.468 e. The second-order valence-electron chi connectivity index (χ2n) is 3.79. The smallest absolute Gasteiger partial charge is 0.316 e. The molecule has 0 aliphatic carbocycles. The summed E-state index contributed by atoms with van der Waals surface area (Å²) in [7, 11) is 1.32. The van der Waals surface area contributed by atoms with Crippen molar-refractivity contribution in [2.45, 2.75) is 19.8 Å². The molecule has 17 heavy (non-hydrogen) atoms. The van der Waals surface area contributed by atoms with Gasteiger partial charge in [-0.15, -0.1) is 0 Å². The van der Waals surface area contributed by atoms with Gasteiger partial charge in [0.05, 0.1) is 7.11 Å². The van der Waals surface area contributed by atoms with Crippen LogP contribution in [-0.2, 0) is 14.3 Å². The van der Waals surface area contributed by atoms with Crippen molar-refractivity contribution in [2.75, 3.05) is 13.7 Å². The van der Waals surface area contributed by atoms with Gasteiger partial charge in [0.2, 0.25) is 0 Å². The van der Waals surface area contributed by atoms with Gasteiger partial charge in [0.25, 0.3) is 5.88 Å². The molecule has 0 amide bonds. The van der Waals surface area contributed by atoms with E-state index >= 15 is 0 Å². The van der Waals surface area contributed by atoms with Crippen molar-refractivity contribution in [3.63, 3.8) is 0 Å². The van der Waals surface area contributed by atoms with E-state index in [9.17, 15) is 9.59 Å². The van der Waals surface area contributed by atoms with E-state index in [4.69, 9.17) is 14.0 Å². The van der Waals surface area contributed by atoms with Gasteiger partial charge in [0, 0.05) is 6.07 Å². The van der Waals surface area contributed by atoms with Crippen molar-refractivity contribution in [2.24, 2.45) is 5.92 Å². The molecule has 0 aromatic carbocycles. The predicted molar refractivity (Wildman–Crippen MR) is 57.7 cm³/mol. The van der Waals surface area contributed by atoms with Crippen LogP contribution in [0.15, 0.2) is 10.6 Å². The first-order valence-electron chi connectivity index (χ1n) is 5.21. The highest BCUT2D eigenvalue weighted by molar-refractivity contribution is 5.77. The van der Waals surface area contributed by atoms with Crippen LogP contribution >= 0.6 is 0 Å². The fraction of sp³-hybridized carbons (Fsp3) is 0.545. The first-order valence-corrected chi connectivity index (χ1v) is 5.21. The van der Waals surface area contributed by atoms with Crippen LogP contribution in [0.1, 0.15) is 25.5 Å². The SMILES string of the molecule is COC(=O)C(c1cc(OCC=O)no1)C(C)C. The van der Waals surface area contributed by atoms with Crippen molar-refractivity contribution in [3.05, 3.63) is 11.8 Å². The standard InChI is InChI=1S/C11H15NO5/c1-7(2)10(11(14)15-3)8-6-9(12-17-8)16-5-4-13/h4,6-7,10H,5H2,1-3H3. The second-order valence-corrected chi connectivity index (χ2v) is 3.79. The van der Waals surface area contributed by atoms with Crippen LogP contribution in [0.2, 0.25) is 0 Å². The number of carbonyl (C=O) groups is 2. The van der Waals surface area contributed by atoms with Gasteiger partial charge < -0.3 is 14.0 Å². The number of carbonyl (C=O) groups excluding carboxylic acids is 2. The predicted octanol–water partition coefficient (Wildman–Crippen LogP) is 1.16. The minimum absolute atomic E-state index is 0.00863. The quantitative estimate of drug-likeness (QED) is 0.549. The van der Waals surface area contributed by atoms with E-state index < -0.39 is 11.9 Å². The molecule has 0 radical (unpaired) electrons. The third-order valence-electron chi connectivity index (χ3n) is 2.23. The number of methoxy groups -OCH3 is 1. The van der Waals surface area contributed by atoms with Gasteiger partial charge in [-0.05, 0) is 11.1 Å². The van der Waals surface area contributed by atoms with Crippen LogP contribution in [0.25, 0.3) is 0 Å². The summed E-state index contributed by atoms with van der Waals surface area (Å²) in [5, 5.41) is 3.61. The van der Waals surface area contributed by atoms with Gasteiger partial charge >= 0.3 is 5.97 Å². The summed E-state index contributed by atoms with van der Waals surface area (Å²) in [6.07, 6.45) is 0.606. The first kappa shape index (κ1) is 13.2. The molecule has 6 heteroatoms. The zero-order valence-corrected chi connectivity index (χ0v) is 10.0. The van der Waals surface area contributed by atoms with Crippen molar-refractivity contribution >= 4 is 12.3 Å². The Morgan fingerprint density at radius 2 is 2.29 bits per heavy atom. The van der Waals surface area contributed by atoms with E-state index in [1.807, 2.05) is 13.8 Å². The molecule has 0 aliphatic heterocycles. The van der Waals surface area contributed by atoms with Crippen LogP contribution in [0.3, 0.4) is 0 Å². The fourth-order valence-electron chi connectivity index (χ4n) is 1.45. The molecule has 1 atom stereocenters. The topological polar surface area (TPSA) is 78.6 Å². The van der Waals surface area contributed by atoms with Crippen LogP contribution < -0.4 is 4.74 Å². The number of ether oxygens (including phenoxy) is 2. The molecule has 0 bridgehead atoms. The summed E-state index contributed by atoms with van der Waals surface area (Å²) in [5.41, 5.74) is 0. The van der Waals surface area contributed by atoms with E-state index in [0.29, 0.717) is 12.0 Å². The molecule has 0 fully saturated rings. The second kappa shape index (κ2) is 6.03. The van der Waals surface area contributed by atoms with E-state index in [-0.39, 0.29) is 18.4 Å². The molecule has 94 valence electrons. The van der Waals surface area contributed by atoms with Gasteiger partial charge in [0.15, 0.2) is 12.0 Å². The number of rotatable bonds is 6. The first-order chi connectivity index (χ1) is 8.10. The Morgan fingerprint density at radius 3 is 2.82 bits per heavy atom. The summed E-state index contributed by atoms with van der Waals surface area (Å²) >= 11 is 0. The van der Waals surface area contributed by atoms with E-state index in [2.05, 4.69) is 5.16 Å². The number of aldehydes is 1. The average Bonchev–Trinajstić information content (AvgIpc) is 2.74. The normalized spacial score (nSPS) is 12.2. The van der Waals surface area contributed by atoms with Crippen molar-refractivity contribution < 1.29 is 23.6 Å². The molecular formula is C11H15NO5. The Morgan fingerprint density at radius 1 is 1.59 bits per heavy atom. The highest BCUT2D eigenvalue weighted by Gasteiger charge is 2.29. The van der Waals surface area contributed by atoms with Gasteiger partial charge in [0.1, 0.15) is 12.5 Å². The Hall–Kier alpha value is -1.85. The number of aromatic nitrogens is 1. The lowest BCUT2D eigenvalue weighted by Gasteiger charge is -2.14. The summed E-state index contributed by atoms with van der Waals surface area (Å²) in [4.78, 5) is 21.7. The van der Waals surface area contributed by atoms with E-state index in [1.54, 1.807) is 0 Å². The molecule has 1 rings (SSSR count). The molecule has 1 unspecified atom stereocenters. The fourth-order valence-corrected chi connectivity index (χ4v) is 1.45. The molecule has 0 N–H and O–H groups in total. The average molecular weight is 241 g/mol. The minimum atomic E-state index is -0.527. The highest BCUT2D eigenvalue weighted by Crippen LogP contribution is 2.28. The maximum atomic E-state index is 11.6. The zero-order chi connectivity index (χ0) is 12.8. The lowest BCUT2D eigenvalue weighted by Crippen LogP contribution is -2.19. The molecular weight excluding hydrogens is 226 g/mol. The van der Waals surface area contributed by atoms with Gasteiger partial charge in [-0.2, -0.15) is 0 Å². The molecule has 1 aromatic heterocycles. The molecule has 0 spiro atoms. The van der Waals surface area contributed by atoms with E-state index in [0.717, 1.165) is 0 Å². The maximum Gasteiger partial charge on any atom is 0.316 e. The van der Waals surface area contributed by atoms with Crippen LogP contribution in [0, 0.1) is 5.92 Å². The lowest BCUT2D eigenvalue weighted by atomic mass is 9.93. The van der Waals surface area contributed by atoms with Crippen molar-refractivity contribution in [1.82, 2.24) is 5.16 Å². The third-order valence-corrected chi connectivity index (χ3v) is 2.23. The number of hydrogen-bond acceptors (Lipinski definition) is 6. The van der Waals surface area contributed by atoms with Gasteiger partial charge in [-0.1, -0.05) is 13.8 Å². The van der Waals surface area contributed by atoms with Crippen molar-refractivity contribution in [1.29, 1.82) is 0 Å². The monoisotopic (exact) mass is 241 g/mol. The number of hydrogen-bond donors (Lipinski definition) is 0. The summed E-state index contributed by atoms with van der Waals surface area (Å²) in [6, 6.07) is 1.49. The summed E-state index contributed by atoms with van der Waals surface area (Å²) in [5.74, 6) is -0.358. The molecule has 0 aliphatic rings. The third kappa shape index (κ3) is 3.30. The maximum absolute atomic E-state index is 11.6. The highest BCUT2D eigenvalue weighted by atomic mass is 16.5. The summed E-state index contributed by atoms with van der Waals surface area (Å²) in [6.45, 7) is 3.64. The van der Waals surface area contributed by atoms with Crippen LogP contribution in [0.4, 0.5) is 0 Å². The zero-order valence-electron chi connectivity index (χ0n) is 10.0. The lowest BCUT2D eigenvalue weighted by molar-refractivity contribution is -0.144. The Balaban J connectivity index is 2.84. The Labute approximate surface area is 98.9 Å². The number of nitrogens with zero attached hydrogens (tertiary/aromatic N) is 1. The van der Waals surface area contributed by atoms with Gasteiger partial charge in [-0.3, -0.25) is 9.59 Å². The van der Waals surface area contributed by atoms with E-state index in [1.165, 1.54) is 13.2 Å². The molecule has 6 nitrogen and oxygen atoms in total. The molecule has 1 aromatic rings. The van der Waals surface area contributed by atoms with Crippen molar-refractivity contribution in [3.8, 4) is 5.88 Å². The molecule has 1 heterocycles. The van der Waals surface area contributed by atoms with Gasteiger partial charge in [-0.25, -0.2) is 0 Å². The Bertz CT molecular complexity index is 385. The van der Waals surface area contributed by atoms with Crippen LogP contribution in [-0.4, -0.2) is 31.1 Å². The molecule has 0 saturated carbocycles. The number of esters is 1.